The van der Waals surface area contributed by atoms with Crippen LogP contribution in [0, 0.1) is 0 Å². The Bertz CT molecular complexity index is 1170. The Hall–Kier alpha value is -3.55. The number of aryl methyl sites for hydroxylation is 1. The van der Waals surface area contributed by atoms with E-state index in [1.165, 1.54) is 6.42 Å². The lowest BCUT2D eigenvalue weighted by atomic mass is 10.1. The van der Waals surface area contributed by atoms with E-state index in [1.807, 2.05) is 54.4 Å². The standard InChI is InChI=1S/C24H28N6O2/c1-28(2)18-8-6-7-16(13-18)23(31)25-22-19-9-12-30-15-17(14-20(30)21(19)26-27-22)24(32)29-10-4-3-5-11-29/h6-8,13-15H,3-5,9-12H2,1-2H3,(H2,25,26,27,31). The number of rotatable bonds is 4. The number of likely N-dealkylation sites (tertiary alicyclic amines) is 1. The number of anilines is 2. The first-order valence-electron chi connectivity index (χ1n) is 11.2. The molecule has 3 aromatic rings. The minimum atomic E-state index is -0.190. The van der Waals surface area contributed by atoms with Gasteiger partial charge in [-0.2, -0.15) is 5.10 Å². The van der Waals surface area contributed by atoms with Gasteiger partial charge in [0.15, 0.2) is 5.82 Å². The number of piperidine rings is 1. The summed E-state index contributed by atoms with van der Waals surface area (Å²) >= 11 is 0. The number of benzene rings is 1. The van der Waals surface area contributed by atoms with Crippen molar-refractivity contribution < 1.29 is 9.59 Å². The third-order valence-electron chi connectivity index (χ3n) is 6.37. The number of nitrogens with one attached hydrogen (secondary N) is 2. The zero-order chi connectivity index (χ0) is 22.2. The van der Waals surface area contributed by atoms with Gasteiger partial charge in [-0.3, -0.25) is 14.7 Å². The Labute approximate surface area is 187 Å². The van der Waals surface area contributed by atoms with E-state index in [-0.39, 0.29) is 11.8 Å². The number of H-pyrrole nitrogens is 1. The van der Waals surface area contributed by atoms with Crippen molar-refractivity contribution in [1.29, 1.82) is 0 Å². The molecule has 2 amide bonds. The van der Waals surface area contributed by atoms with Gasteiger partial charge in [0.2, 0.25) is 0 Å². The van der Waals surface area contributed by atoms with Crippen molar-refractivity contribution in [3.63, 3.8) is 0 Å². The molecule has 32 heavy (non-hydrogen) atoms. The van der Waals surface area contributed by atoms with Crippen LogP contribution in [-0.4, -0.2) is 58.7 Å². The van der Waals surface area contributed by atoms with Crippen molar-refractivity contribution in [2.45, 2.75) is 32.2 Å². The summed E-state index contributed by atoms with van der Waals surface area (Å²) < 4.78 is 2.10. The van der Waals surface area contributed by atoms with Gasteiger partial charge in [-0.05, 0) is 49.9 Å². The molecule has 5 rings (SSSR count). The van der Waals surface area contributed by atoms with Crippen molar-refractivity contribution in [1.82, 2.24) is 19.7 Å². The molecule has 2 aliphatic heterocycles. The van der Waals surface area contributed by atoms with Gasteiger partial charge < -0.3 is 19.7 Å². The van der Waals surface area contributed by atoms with E-state index in [4.69, 9.17) is 0 Å². The highest BCUT2D eigenvalue weighted by Gasteiger charge is 2.27. The number of fused-ring (bicyclic) bond motifs is 3. The molecular formula is C24H28N6O2. The Morgan fingerprint density at radius 2 is 1.88 bits per heavy atom. The third kappa shape index (κ3) is 3.66. The summed E-state index contributed by atoms with van der Waals surface area (Å²) in [4.78, 5) is 29.7. The van der Waals surface area contributed by atoms with Crippen molar-refractivity contribution in [2.75, 3.05) is 37.4 Å². The summed E-state index contributed by atoms with van der Waals surface area (Å²) in [6.07, 6.45) is 6.02. The number of nitrogens with zero attached hydrogens (tertiary/aromatic N) is 4. The summed E-state index contributed by atoms with van der Waals surface area (Å²) in [6.45, 7) is 2.41. The molecule has 0 spiro atoms. The molecule has 8 nitrogen and oxygen atoms in total. The Morgan fingerprint density at radius 1 is 1.06 bits per heavy atom. The van der Waals surface area contributed by atoms with Gasteiger partial charge in [-0.1, -0.05) is 6.07 Å². The molecule has 0 radical (unpaired) electrons. The van der Waals surface area contributed by atoms with Gasteiger partial charge in [0.1, 0.15) is 0 Å². The quantitative estimate of drug-likeness (QED) is 0.662. The SMILES string of the molecule is CN(C)c1cccc(C(=O)Nc2n[nH]c3c2CCn2cc(C(=O)N4CCCCC4)cc2-3)c1. The summed E-state index contributed by atoms with van der Waals surface area (Å²) in [5, 5.41) is 10.4. The van der Waals surface area contributed by atoms with Crippen molar-refractivity contribution in [2.24, 2.45) is 0 Å². The molecule has 2 N–H and O–H groups in total. The molecule has 1 saturated heterocycles. The number of amides is 2. The van der Waals surface area contributed by atoms with E-state index >= 15 is 0 Å². The van der Waals surface area contributed by atoms with Gasteiger partial charge in [0, 0.05) is 56.7 Å². The minimum Gasteiger partial charge on any atom is -0.378 e. The van der Waals surface area contributed by atoms with Crippen LogP contribution in [0.2, 0.25) is 0 Å². The van der Waals surface area contributed by atoms with Crippen LogP contribution >= 0.6 is 0 Å². The van der Waals surface area contributed by atoms with Crippen molar-refractivity contribution >= 4 is 23.3 Å². The summed E-state index contributed by atoms with van der Waals surface area (Å²) in [7, 11) is 3.89. The molecule has 0 bridgehead atoms. The van der Waals surface area contributed by atoms with Crippen LogP contribution in [0.4, 0.5) is 11.5 Å². The predicted molar refractivity (Wildman–Crippen MR) is 124 cm³/mol. The maximum atomic E-state index is 12.9. The average molecular weight is 433 g/mol. The lowest BCUT2D eigenvalue weighted by Crippen LogP contribution is -2.35. The highest BCUT2D eigenvalue weighted by Crippen LogP contribution is 2.34. The maximum absolute atomic E-state index is 12.9. The first kappa shape index (κ1) is 20.4. The molecule has 4 heterocycles. The first-order valence-corrected chi connectivity index (χ1v) is 11.2. The van der Waals surface area contributed by atoms with E-state index in [0.717, 1.165) is 67.1 Å². The van der Waals surface area contributed by atoms with Gasteiger partial charge in [-0.25, -0.2) is 0 Å². The second-order valence-electron chi connectivity index (χ2n) is 8.73. The number of hydrogen-bond acceptors (Lipinski definition) is 4. The lowest BCUT2D eigenvalue weighted by molar-refractivity contribution is 0.0724. The maximum Gasteiger partial charge on any atom is 0.256 e. The topological polar surface area (TPSA) is 86.3 Å². The Morgan fingerprint density at radius 3 is 2.66 bits per heavy atom. The van der Waals surface area contributed by atoms with Crippen molar-refractivity contribution in [3.05, 3.63) is 53.2 Å². The van der Waals surface area contributed by atoms with Crippen LogP contribution < -0.4 is 10.2 Å². The molecule has 0 atom stereocenters. The molecule has 2 aliphatic rings. The van der Waals surface area contributed by atoms with Gasteiger partial charge in [-0.15, -0.1) is 0 Å². The zero-order valence-electron chi connectivity index (χ0n) is 18.5. The smallest absolute Gasteiger partial charge is 0.256 e. The monoisotopic (exact) mass is 432 g/mol. The fourth-order valence-corrected chi connectivity index (χ4v) is 4.56. The van der Waals surface area contributed by atoms with Crippen molar-refractivity contribution in [3.8, 4) is 11.4 Å². The van der Waals surface area contributed by atoms with Gasteiger partial charge >= 0.3 is 0 Å². The second-order valence-corrected chi connectivity index (χ2v) is 8.73. The highest BCUT2D eigenvalue weighted by atomic mass is 16.2. The first-order chi connectivity index (χ1) is 15.5. The molecular weight excluding hydrogens is 404 g/mol. The van der Waals surface area contributed by atoms with Crippen LogP contribution in [0.15, 0.2) is 36.5 Å². The van der Waals surface area contributed by atoms with Crippen LogP contribution in [0.1, 0.15) is 45.5 Å². The largest absolute Gasteiger partial charge is 0.378 e. The molecule has 8 heteroatoms. The third-order valence-corrected chi connectivity index (χ3v) is 6.37. The van der Waals surface area contributed by atoms with Crippen LogP contribution in [-0.2, 0) is 13.0 Å². The lowest BCUT2D eigenvalue weighted by Gasteiger charge is -2.26. The number of carbonyl (C=O) groups excluding carboxylic acids is 2. The molecule has 0 unspecified atom stereocenters. The number of carbonyl (C=O) groups is 2. The molecule has 166 valence electrons. The molecule has 2 aromatic heterocycles. The average Bonchev–Trinajstić information content (AvgIpc) is 3.43. The predicted octanol–water partition coefficient (Wildman–Crippen LogP) is 3.38. The zero-order valence-corrected chi connectivity index (χ0v) is 18.5. The molecule has 0 saturated carbocycles. The van der Waals surface area contributed by atoms with E-state index in [2.05, 4.69) is 20.1 Å². The van der Waals surface area contributed by atoms with Gasteiger partial charge in [0.05, 0.1) is 17.0 Å². The normalized spacial score (nSPS) is 15.1. The van der Waals surface area contributed by atoms with Crippen LogP contribution in [0.25, 0.3) is 11.4 Å². The fourth-order valence-electron chi connectivity index (χ4n) is 4.56. The van der Waals surface area contributed by atoms with Crippen LogP contribution in [0.5, 0.6) is 0 Å². The van der Waals surface area contributed by atoms with E-state index in [1.54, 1.807) is 6.07 Å². The number of aromatic amines is 1. The van der Waals surface area contributed by atoms with E-state index in [9.17, 15) is 9.59 Å². The highest BCUT2D eigenvalue weighted by molar-refractivity contribution is 6.05. The Kier molecular flexibility index (Phi) is 5.20. The van der Waals surface area contributed by atoms with Crippen LogP contribution in [0.3, 0.4) is 0 Å². The summed E-state index contributed by atoms with van der Waals surface area (Å²) in [6, 6.07) is 9.44. The second kappa shape index (κ2) is 8.18. The fraction of sp³-hybridized carbons (Fsp3) is 0.375. The van der Waals surface area contributed by atoms with Gasteiger partial charge in [0.25, 0.3) is 11.8 Å². The van der Waals surface area contributed by atoms with E-state index < -0.39 is 0 Å². The molecule has 0 aliphatic carbocycles. The Balaban J connectivity index is 1.37. The minimum absolute atomic E-state index is 0.0990. The number of hydrogen-bond donors (Lipinski definition) is 2. The number of aromatic nitrogens is 3. The summed E-state index contributed by atoms with van der Waals surface area (Å²) in [5.41, 5.74) is 5.05. The summed E-state index contributed by atoms with van der Waals surface area (Å²) in [5.74, 6) is 0.462. The molecule has 1 aromatic carbocycles. The van der Waals surface area contributed by atoms with E-state index in [0.29, 0.717) is 11.4 Å². The molecule has 1 fully saturated rings.